The number of carbonyl (C=O) groups is 1. The maximum absolute atomic E-state index is 12.2. The first-order valence-electron chi connectivity index (χ1n) is 6.35. The zero-order valence-electron chi connectivity index (χ0n) is 10.4. The molecule has 1 N–H and O–H groups in total. The van der Waals surface area contributed by atoms with Gasteiger partial charge in [0.1, 0.15) is 0 Å². The molecule has 0 radical (unpaired) electrons. The number of rotatable bonds is 4. The van der Waals surface area contributed by atoms with Gasteiger partial charge in [-0.1, -0.05) is 0 Å². The van der Waals surface area contributed by atoms with E-state index in [1.165, 1.54) is 12.8 Å². The first-order valence-corrected chi connectivity index (χ1v) is 6.35. The Labute approximate surface area is 106 Å². The molecule has 1 unspecified atom stereocenters. The highest BCUT2D eigenvalue weighted by Gasteiger charge is 2.36. The summed E-state index contributed by atoms with van der Waals surface area (Å²) in [5, 5.41) is 3.39. The summed E-state index contributed by atoms with van der Waals surface area (Å²) in [6.45, 7) is 0.761. The van der Waals surface area contributed by atoms with Gasteiger partial charge in [0.05, 0.1) is 25.0 Å². The molecule has 3 rings (SSSR count). The maximum Gasteiger partial charge on any atom is 0.244 e. The van der Waals surface area contributed by atoms with Gasteiger partial charge in [-0.3, -0.25) is 4.79 Å². The summed E-state index contributed by atoms with van der Waals surface area (Å²) in [4.78, 5) is 18.2. The second kappa shape index (κ2) is 4.57. The third kappa shape index (κ3) is 2.18. The molecule has 2 aliphatic rings. The van der Waals surface area contributed by atoms with Gasteiger partial charge in [-0.15, -0.1) is 0 Å². The summed E-state index contributed by atoms with van der Waals surface area (Å²) in [7, 11) is 1.58. The van der Waals surface area contributed by atoms with Gasteiger partial charge < -0.3 is 15.0 Å². The number of ether oxygens (including phenoxy) is 1. The van der Waals surface area contributed by atoms with E-state index in [2.05, 4.69) is 10.3 Å². The molecule has 2 heterocycles. The van der Waals surface area contributed by atoms with Gasteiger partial charge >= 0.3 is 0 Å². The van der Waals surface area contributed by atoms with Crippen LogP contribution in [0, 0.1) is 0 Å². The number of methoxy groups -OCH3 is 1. The van der Waals surface area contributed by atoms with Gasteiger partial charge in [0.2, 0.25) is 11.8 Å². The van der Waals surface area contributed by atoms with Gasteiger partial charge in [0.25, 0.3) is 0 Å². The van der Waals surface area contributed by atoms with Crippen LogP contribution in [0.4, 0.5) is 5.69 Å². The fourth-order valence-corrected chi connectivity index (χ4v) is 2.28. The van der Waals surface area contributed by atoms with E-state index < -0.39 is 0 Å². The molecule has 1 aromatic heterocycles. The second-order valence-corrected chi connectivity index (χ2v) is 4.83. The van der Waals surface area contributed by atoms with Gasteiger partial charge in [-0.2, -0.15) is 0 Å². The topological polar surface area (TPSA) is 54.5 Å². The van der Waals surface area contributed by atoms with E-state index in [4.69, 9.17) is 4.74 Å². The summed E-state index contributed by atoms with van der Waals surface area (Å²) in [6.07, 6.45) is 4.97. The first-order chi connectivity index (χ1) is 8.78. The zero-order chi connectivity index (χ0) is 12.5. The zero-order valence-corrected chi connectivity index (χ0v) is 10.4. The number of pyridine rings is 1. The Morgan fingerprint density at radius 1 is 1.39 bits per heavy atom. The number of carbonyl (C=O) groups excluding carboxylic acids is 1. The average Bonchev–Trinajstić information content (AvgIpc) is 3.15. The highest BCUT2D eigenvalue weighted by atomic mass is 16.5. The van der Waals surface area contributed by atoms with Crippen molar-refractivity contribution >= 4 is 11.6 Å². The fraction of sp³-hybridized carbons (Fsp3) is 0.538. The predicted molar refractivity (Wildman–Crippen MR) is 67.7 cm³/mol. The van der Waals surface area contributed by atoms with Crippen molar-refractivity contribution in [3.63, 3.8) is 0 Å². The fourth-order valence-electron chi connectivity index (χ4n) is 2.28. The van der Waals surface area contributed by atoms with E-state index >= 15 is 0 Å². The SMILES string of the molecule is COc1ccc(N2CCC(NC3CC3)C2=O)cn1. The third-order valence-corrected chi connectivity index (χ3v) is 3.46. The van der Waals surface area contributed by atoms with E-state index in [-0.39, 0.29) is 11.9 Å². The van der Waals surface area contributed by atoms with E-state index in [1.54, 1.807) is 24.3 Å². The lowest BCUT2D eigenvalue weighted by Gasteiger charge is -2.17. The molecule has 1 aromatic rings. The number of aromatic nitrogens is 1. The minimum absolute atomic E-state index is 0.0143. The minimum Gasteiger partial charge on any atom is -0.481 e. The Morgan fingerprint density at radius 2 is 2.22 bits per heavy atom. The smallest absolute Gasteiger partial charge is 0.244 e. The summed E-state index contributed by atoms with van der Waals surface area (Å²) < 4.78 is 5.01. The number of hydrogen-bond acceptors (Lipinski definition) is 4. The van der Waals surface area contributed by atoms with Crippen LogP contribution < -0.4 is 15.0 Å². The van der Waals surface area contributed by atoms with Crippen LogP contribution >= 0.6 is 0 Å². The maximum atomic E-state index is 12.2. The molecular formula is C13H17N3O2. The number of nitrogens with one attached hydrogen (secondary N) is 1. The summed E-state index contributed by atoms with van der Waals surface area (Å²) >= 11 is 0. The van der Waals surface area contributed by atoms with Crippen LogP contribution in [0.1, 0.15) is 19.3 Å². The molecule has 1 saturated carbocycles. The monoisotopic (exact) mass is 247 g/mol. The molecule has 1 saturated heterocycles. The van der Waals surface area contributed by atoms with E-state index in [0.717, 1.165) is 18.7 Å². The molecule has 96 valence electrons. The molecule has 5 heteroatoms. The summed E-state index contributed by atoms with van der Waals surface area (Å²) in [5.41, 5.74) is 0.848. The molecule has 1 amide bonds. The van der Waals surface area contributed by atoms with Crippen molar-refractivity contribution in [1.29, 1.82) is 0 Å². The molecule has 0 spiro atoms. The molecule has 0 aromatic carbocycles. The van der Waals surface area contributed by atoms with Crippen LogP contribution in [-0.4, -0.2) is 36.6 Å². The molecule has 2 fully saturated rings. The Bertz CT molecular complexity index is 442. The molecule has 0 bridgehead atoms. The van der Waals surface area contributed by atoms with Crippen molar-refractivity contribution in [2.24, 2.45) is 0 Å². The Kier molecular flexibility index (Phi) is 2.91. The van der Waals surface area contributed by atoms with Crippen molar-refractivity contribution in [1.82, 2.24) is 10.3 Å². The van der Waals surface area contributed by atoms with Gasteiger partial charge in [-0.25, -0.2) is 4.98 Å². The number of amides is 1. The molecular weight excluding hydrogens is 230 g/mol. The minimum atomic E-state index is -0.0143. The summed E-state index contributed by atoms with van der Waals surface area (Å²) in [5.74, 6) is 0.729. The lowest BCUT2D eigenvalue weighted by molar-refractivity contribution is -0.118. The number of anilines is 1. The van der Waals surface area contributed by atoms with Crippen molar-refractivity contribution in [3.8, 4) is 5.88 Å². The van der Waals surface area contributed by atoms with Crippen LogP contribution in [0.2, 0.25) is 0 Å². The predicted octanol–water partition coefficient (Wildman–Crippen LogP) is 0.947. The van der Waals surface area contributed by atoms with Gasteiger partial charge in [0, 0.05) is 18.7 Å². The lowest BCUT2D eigenvalue weighted by atomic mass is 10.2. The van der Waals surface area contributed by atoms with E-state index in [9.17, 15) is 4.79 Å². The van der Waals surface area contributed by atoms with E-state index in [1.807, 2.05) is 6.07 Å². The van der Waals surface area contributed by atoms with Crippen molar-refractivity contribution < 1.29 is 9.53 Å². The first kappa shape index (κ1) is 11.5. The van der Waals surface area contributed by atoms with Gasteiger partial charge in [0.15, 0.2) is 0 Å². The van der Waals surface area contributed by atoms with Crippen LogP contribution in [0.5, 0.6) is 5.88 Å². The quantitative estimate of drug-likeness (QED) is 0.860. The van der Waals surface area contributed by atoms with Crippen LogP contribution in [-0.2, 0) is 4.79 Å². The van der Waals surface area contributed by atoms with Crippen LogP contribution in [0.3, 0.4) is 0 Å². The second-order valence-electron chi connectivity index (χ2n) is 4.83. The molecule has 18 heavy (non-hydrogen) atoms. The molecule has 5 nitrogen and oxygen atoms in total. The number of nitrogens with zero attached hydrogens (tertiary/aromatic N) is 2. The van der Waals surface area contributed by atoms with Crippen molar-refractivity contribution in [3.05, 3.63) is 18.3 Å². The third-order valence-electron chi connectivity index (χ3n) is 3.46. The summed E-state index contributed by atoms with van der Waals surface area (Å²) in [6, 6.07) is 4.21. The largest absolute Gasteiger partial charge is 0.481 e. The number of hydrogen-bond donors (Lipinski definition) is 1. The van der Waals surface area contributed by atoms with Gasteiger partial charge in [-0.05, 0) is 25.3 Å². The van der Waals surface area contributed by atoms with Crippen molar-refractivity contribution in [2.75, 3.05) is 18.6 Å². The Balaban J connectivity index is 1.69. The lowest BCUT2D eigenvalue weighted by Crippen LogP contribution is -2.39. The molecule has 1 atom stereocenters. The highest BCUT2D eigenvalue weighted by Crippen LogP contribution is 2.25. The van der Waals surface area contributed by atoms with Crippen LogP contribution in [0.15, 0.2) is 18.3 Å². The average molecular weight is 247 g/mol. The standard InChI is InChI=1S/C13H17N3O2/c1-18-12-5-4-10(8-14-12)16-7-6-11(13(16)17)15-9-2-3-9/h4-5,8-9,11,15H,2-3,6-7H2,1H3. The van der Waals surface area contributed by atoms with Crippen molar-refractivity contribution in [2.45, 2.75) is 31.3 Å². The van der Waals surface area contributed by atoms with E-state index in [0.29, 0.717) is 11.9 Å². The molecule has 1 aliphatic carbocycles. The Hall–Kier alpha value is -1.62. The molecule has 1 aliphatic heterocycles. The normalized spacial score (nSPS) is 23.5. The Morgan fingerprint density at radius 3 is 2.83 bits per heavy atom. The van der Waals surface area contributed by atoms with Crippen LogP contribution in [0.25, 0.3) is 0 Å². The highest BCUT2D eigenvalue weighted by molar-refractivity contribution is 5.99.